The molecule has 112 valence electrons. The number of carboxylic acid groups (broad SMARTS) is 1. The van der Waals surface area contributed by atoms with E-state index in [0.717, 1.165) is 5.56 Å². The number of hydrogen-bond donors (Lipinski definition) is 3. The molecular formula is C15H14N4O3. The monoisotopic (exact) mass is 298 g/mol. The van der Waals surface area contributed by atoms with Crippen molar-refractivity contribution in [1.82, 2.24) is 15.4 Å². The average Bonchev–Trinajstić information content (AvgIpc) is 3.17. The number of aromatic nitrogens is 3. The molecule has 0 aliphatic rings. The van der Waals surface area contributed by atoms with Crippen LogP contribution in [0.5, 0.6) is 0 Å². The van der Waals surface area contributed by atoms with Gasteiger partial charge in [0, 0.05) is 18.3 Å². The number of rotatable bonds is 6. The maximum atomic E-state index is 11.5. The fraction of sp³-hybridized carbons (Fsp3) is 0.133. The van der Waals surface area contributed by atoms with Gasteiger partial charge in [0.1, 0.15) is 0 Å². The Morgan fingerprint density at radius 3 is 2.82 bits per heavy atom. The van der Waals surface area contributed by atoms with Gasteiger partial charge in [-0.15, -0.1) is 0 Å². The molecule has 0 amide bonds. The molecule has 1 aromatic carbocycles. The number of aromatic carboxylic acids is 1. The standard InChI is InChI=1S/C15H14N4O3/c20-15(21)12-13(11-4-2-1-3-5-11)22-19-14(12)16-7-6-10-8-17-18-9-10/h1-5,8-9H,6-7H2,(H,16,19)(H,17,18)(H,20,21). The van der Waals surface area contributed by atoms with Gasteiger partial charge in [0.2, 0.25) is 0 Å². The molecule has 0 bridgehead atoms. The van der Waals surface area contributed by atoms with Crippen molar-refractivity contribution in [3.63, 3.8) is 0 Å². The summed E-state index contributed by atoms with van der Waals surface area (Å²) in [6.07, 6.45) is 4.21. The van der Waals surface area contributed by atoms with Gasteiger partial charge in [-0.3, -0.25) is 5.10 Å². The summed E-state index contributed by atoms with van der Waals surface area (Å²) in [4.78, 5) is 11.5. The average molecular weight is 298 g/mol. The van der Waals surface area contributed by atoms with Gasteiger partial charge in [0.15, 0.2) is 17.1 Å². The van der Waals surface area contributed by atoms with E-state index in [4.69, 9.17) is 4.52 Å². The lowest BCUT2D eigenvalue weighted by atomic mass is 10.1. The zero-order chi connectivity index (χ0) is 15.4. The molecule has 0 fully saturated rings. The number of hydrogen-bond acceptors (Lipinski definition) is 5. The number of anilines is 1. The van der Waals surface area contributed by atoms with Gasteiger partial charge in [-0.25, -0.2) is 4.79 Å². The highest BCUT2D eigenvalue weighted by Gasteiger charge is 2.23. The van der Waals surface area contributed by atoms with Crippen molar-refractivity contribution < 1.29 is 14.4 Å². The lowest BCUT2D eigenvalue weighted by Gasteiger charge is -2.02. The fourth-order valence-corrected chi connectivity index (χ4v) is 2.14. The third-order valence-electron chi connectivity index (χ3n) is 3.20. The predicted octanol–water partition coefficient (Wildman–Crippen LogP) is 2.42. The van der Waals surface area contributed by atoms with Gasteiger partial charge >= 0.3 is 5.97 Å². The molecule has 0 spiro atoms. The minimum Gasteiger partial charge on any atom is -0.477 e. The van der Waals surface area contributed by atoms with Crippen LogP contribution in [-0.4, -0.2) is 33.0 Å². The highest BCUT2D eigenvalue weighted by atomic mass is 16.5. The van der Waals surface area contributed by atoms with Crippen LogP contribution in [0.3, 0.4) is 0 Å². The Bertz CT molecular complexity index is 750. The Morgan fingerprint density at radius 1 is 1.32 bits per heavy atom. The molecule has 3 aromatic rings. The second-order valence-electron chi connectivity index (χ2n) is 4.69. The van der Waals surface area contributed by atoms with Crippen LogP contribution in [-0.2, 0) is 6.42 Å². The van der Waals surface area contributed by atoms with Crippen LogP contribution in [0.1, 0.15) is 15.9 Å². The first-order chi connectivity index (χ1) is 10.8. The van der Waals surface area contributed by atoms with Crippen molar-refractivity contribution in [2.45, 2.75) is 6.42 Å². The smallest absolute Gasteiger partial charge is 0.343 e. The SMILES string of the molecule is O=C(O)c1c(NCCc2cn[nH]c2)noc1-c1ccccc1. The molecular weight excluding hydrogens is 284 g/mol. The number of aromatic amines is 1. The molecule has 2 aromatic heterocycles. The van der Waals surface area contributed by atoms with E-state index in [2.05, 4.69) is 20.7 Å². The van der Waals surface area contributed by atoms with Crippen LogP contribution >= 0.6 is 0 Å². The fourth-order valence-electron chi connectivity index (χ4n) is 2.14. The Kier molecular flexibility index (Phi) is 3.86. The molecule has 0 radical (unpaired) electrons. The van der Waals surface area contributed by atoms with Crippen molar-refractivity contribution in [2.24, 2.45) is 0 Å². The normalized spacial score (nSPS) is 10.5. The van der Waals surface area contributed by atoms with E-state index < -0.39 is 5.97 Å². The van der Waals surface area contributed by atoms with Gasteiger partial charge < -0.3 is 14.9 Å². The maximum Gasteiger partial charge on any atom is 0.343 e. The summed E-state index contributed by atoms with van der Waals surface area (Å²) in [6, 6.07) is 9.04. The van der Waals surface area contributed by atoms with E-state index in [9.17, 15) is 9.90 Å². The van der Waals surface area contributed by atoms with E-state index in [1.54, 1.807) is 24.5 Å². The third kappa shape index (κ3) is 2.83. The van der Waals surface area contributed by atoms with Crippen molar-refractivity contribution in [3.05, 3.63) is 53.9 Å². The summed E-state index contributed by atoms with van der Waals surface area (Å²) in [5, 5.41) is 22.8. The minimum atomic E-state index is -1.08. The largest absolute Gasteiger partial charge is 0.477 e. The molecule has 0 saturated carbocycles. The van der Waals surface area contributed by atoms with E-state index in [-0.39, 0.29) is 17.1 Å². The zero-order valence-corrected chi connectivity index (χ0v) is 11.6. The van der Waals surface area contributed by atoms with E-state index in [1.165, 1.54) is 0 Å². The molecule has 0 atom stereocenters. The number of carboxylic acids is 1. The number of nitrogens with one attached hydrogen (secondary N) is 2. The quantitative estimate of drug-likeness (QED) is 0.645. The first-order valence-corrected chi connectivity index (χ1v) is 6.75. The van der Waals surface area contributed by atoms with Crippen molar-refractivity contribution in [3.8, 4) is 11.3 Å². The Balaban J connectivity index is 1.80. The molecule has 22 heavy (non-hydrogen) atoms. The number of nitrogens with zero attached hydrogens (tertiary/aromatic N) is 2. The summed E-state index contributed by atoms with van der Waals surface area (Å²) >= 11 is 0. The second kappa shape index (κ2) is 6.13. The molecule has 2 heterocycles. The first kappa shape index (κ1) is 13.9. The van der Waals surface area contributed by atoms with Crippen molar-refractivity contribution >= 4 is 11.8 Å². The van der Waals surface area contributed by atoms with Gasteiger partial charge in [0.25, 0.3) is 0 Å². The van der Waals surface area contributed by atoms with Gasteiger partial charge in [-0.05, 0) is 12.0 Å². The first-order valence-electron chi connectivity index (χ1n) is 6.75. The van der Waals surface area contributed by atoms with E-state index >= 15 is 0 Å². The zero-order valence-electron chi connectivity index (χ0n) is 11.6. The van der Waals surface area contributed by atoms with Crippen LogP contribution in [0.25, 0.3) is 11.3 Å². The number of carbonyl (C=O) groups is 1. The lowest BCUT2D eigenvalue weighted by Crippen LogP contribution is -2.09. The molecule has 0 unspecified atom stereocenters. The number of benzene rings is 1. The molecule has 0 saturated heterocycles. The van der Waals surface area contributed by atoms with Crippen LogP contribution < -0.4 is 5.32 Å². The van der Waals surface area contributed by atoms with Gasteiger partial charge in [-0.1, -0.05) is 35.5 Å². The summed E-state index contributed by atoms with van der Waals surface area (Å²) in [6.45, 7) is 0.528. The summed E-state index contributed by atoms with van der Waals surface area (Å²) < 4.78 is 5.22. The van der Waals surface area contributed by atoms with Crippen LogP contribution in [0.2, 0.25) is 0 Å². The Labute approximate surface area is 126 Å². The molecule has 3 N–H and O–H groups in total. The van der Waals surface area contributed by atoms with Crippen LogP contribution in [0.4, 0.5) is 5.82 Å². The second-order valence-corrected chi connectivity index (χ2v) is 4.69. The summed E-state index contributed by atoms with van der Waals surface area (Å²) in [5.41, 5.74) is 1.74. The highest BCUT2D eigenvalue weighted by molar-refractivity contribution is 5.99. The molecule has 7 nitrogen and oxygen atoms in total. The Morgan fingerprint density at radius 2 is 2.14 bits per heavy atom. The third-order valence-corrected chi connectivity index (χ3v) is 3.20. The summed E-state index contributed by atoms with van der Waals surface area (Å²) in [5.74, 6) is -0.598. The molecule has 3 rings (SSSR count). The minimum absolute atomic E-state index is 0.0402. The van der Waals surface area contributed by atoms with Crippen molar-refractivity contribution in [1.29, 1.82) is 0 Å². The predicted molar refractivity (Wildman–Crippen MR) is 79.7 cm³/mol. The van der Waals surface area contributed by atoms with Gasteiger partial charge in [-0.2, -0.15) is 5.10 Å². The van der Waals surface area contributed by atoms with E-state index in [1.807, 2.05) is 18.2 Å². The van der Waals surface area contributed by atoms with Crippen LogP contribution in [0, 0.1) is 0 Å². The Hall–Kier alpha value is -3.09. The van der Waals surface area contributed by atoms with Crippen molar-refractivity contribution in [2.75, 3.05) is 11.9 Å². The van der Waals surface area contributed by atoms with E-state index in [0.29, 0.717) is 18.5 Å². The lowest BCUT2D eigenvalue weighted by molar-refractivity contribution is 0.0698. The maximum absolute atomic E-state index is 11.5. The topological polar surface area (TPSA) is 104 Å². The van der Waals surface area contributed by atoms with Crippen LogP contribution in [0.15, 0.2) is 47.2 Å². The molecule has 0 aliphatic heterocycles. The summed E-state index contributed by atoms with van der Waals surface area (Å²) in [7, 11) is 0. The van der Waals surface area contributed by atoms with Gasteiger partial charge in [0.05, 0.1) is 6.20 Å². The highest BCUT2D eigenvalue weighted by Crippen LogP contribution is 2.29. The molecule has 7 heteroatoms. The number of H-pyrrole nitrogens is 1. The molecule has 0 aliphatic carbocycles.